The van der Waals surface area contributed by atoms with Crippen molar-refractivity contribution in [2.45, 2.75) is 39.0 Å². The minimum Gasteiger partial charge on any atom is -0.874 e. The van der Waals surface area contributed by atoms with Crippen LogP contribution < -0.4 is 16.0 Å². The highest BCUT2D eigenvalue weighted by molar-refractivity contribution is 6.35. The molecule has 17 heteroatoms. The molecule has 1 fully saturated rings. The van der Waals surface area contributed by atoms with Crippen LogP contribution in [-0.4, -0.2) is 43.2 Å². The van der Waals surface area contributed by atoms with Gasteiger partial charge in [-0.15, -0.1) is 0 Å². The summed E-state index contributed by atoms with van der Waals surface area (Å²) >= 11 is 22.1. The number of halogens is 6. The first-order chi connectivity index (χ1) is 21.2. The summed E-state index contributed by atoms with van der Waals surface area (Å²) in [5.74, 6) is -3.25. The number of Topliss-reactive ketones (excluding diaryl/α,β-unsaturated/α-hetero) is 1. The maximum absolute atomic E-state index is 13.3. The highest BCUT2D eigenvalue weighted by Gasteiger charge is 2.17. The number of carboxylic acids is 1. The Morgan fingerprint density at radius 1 is 1.07 bits per heavy atom. The van der Waals surface area contributed by atoms with E-state index in [9.17, 15) is 28.3 Å². The van der Waals surface area contributed by atoms with E-state index < -0.39 is 23.6 Å². The Hall–Kier alpha value is -3.67. The maximum Gasteiger partial charge on any atom is 0.388 e. The lowest BCUT2D eigenvalue weighted by Gasteiger charge is -2.13. The van der Waals surface area contributed by atoms with Gasteiger partial charge in [-0.2, -0.15) is 0 Å². The summed E-state index contributed by atoms with van der Waals surface area (Å²) in [6, 6.07) is 4.89. The van der Waals surface area contributed by atoms with Gasteiger partial charge < -0.3 is 25.1 Å². The second-order valence-electron chi connectivity index (χ2n) is 8.71. The van der Waals surface area contributed by atoms with Crippen molar-refractivity contribution in [3.8, 4) is 0 Å². The fourth-order valence-electron chi connectivity index (χ4n) is 3.33. The molecule has 0 heterocycles. The number of ether oxygens (including phenoxy) is 2. The number of diazo groups is 1. The fraction of sp³-hybridized carbons (Fsp3) is 0.321. The first-order valence-electron chi connectivity index (χ1n) is 12.9. The number of ketones is 1. The van der Waals surface area contributed by atoms with Gasteiger partial charge in [0.1, 0.15) is 5.70 Å². The van der Waals surface area contributed by atoms with Crippen molar-refractivity contribution >= 4 is 75.5 Å². The molecular weight excluding hydrogens is 684 g/mol. The first-order valence-corrected chi connectivity index (χ1v) is 14.4. The molecule has 0 aliphatic heterocycles. The largest absolute Gasteiger partial charge is 0.874 e. The van der Waals surface area contributed by atoms with Crippen LogP contribution in [0.2, 0.25) is 20.1 Å². The van der Waals surface area contributed by atoms with Crippen LogP contribution in [0.4, 0.5) is 20.2 Å². The molecule has 1 aliphatic carbocycles. The highest BCUT2D eigenvalue weighted by atomic mass is 35.5. The number of carboxylic acid groups (broad SMARTS) is 1. The average molecular weight is 712 g/mol. The lowest BCUT2D eigenvalue weighted by Crippen LogP contribution is -2.27. The van der Waals surface area contributed by atoms with Crippen LogP contribution in [0.5, 0.6) is 0 Å². The topological polar surface area (TPSA) is 165 Å². The van der Waals surface area contributed by atoms with Gasteiger partial charge >= 0.3 is 17.6 Å². The minimum absolute atomic E-state index is 0.00653. The van der Waals surface area contributed by atoms with Gasteiger partial charge in [-0.3, -0.25) is 15.0 Å². The Morgan fingerprint density at radius 3 is 2.07 bits per heavy atom. The summed E-state index contributed by atoms with van der Waals surface area (Å²) in [4.78, 5) is 36.1. The summed E-state index contributed by atoms with van der Waals surface area (Å²) < 4.78 is 35.5. The molecule has 0 atom stereocenters. The van der Waals surface area contributed by atoms with Gasteiger partial charge in [0.05, 0.1) is 51.1 Å². The molecule has 1 aliphatic rings. The number of esters is 1. The molecule has 2 aromatic carbocycles. The second-order valence-corrected chi connectivity index (χ2v) is 10.3. The number of carbonyl (C=O) groups is 3. The quantitative estimate of drug-likeness (QED) is 0.0585. The van der Waals surface area contributed by atoms with E-state index in [0.29, 0.717) is 24.1 Å². The molecule has 3 rings (SSSR count). The number of rotatable bonds is 10. The van der Waals surface area contributed by atoms with Crippen molar-refractivity contribution in [3.63, 3.8) is 0 Å². The Kier molecular flexibility index (Phi) is 17.8. The molecule has 0 spiro atoms. The minimum atomic E-state index is -0.991. The van der Waals surface area contributed by atoms with Crippen molar-refractivity contribution in [2.75, 3.05) is 25.7 Å². The number of nitrogens with one attached hydrogen (secondary N) is 2. The first kappa shape index (κ1) is 39.4. The SMILES string of the molecule is CCOC(=O)/C(=C\CCC(=O)O)NNc1cc(Cl)c(F)c(Cl)c1.COCC([O-])=C1CCCC1=O.N#[N+]c1cc(Cl)c(F)c(Cl)c1. The zero-order valence-corrected chi connectivity index (χ0v) is 26.9. The Bertz CT molecular complexity index is 1440. The molecule has 244 valence electrons. The molecule has 1 saturated carbocycles. The van der Waals surface area contributed by atoms with Gasteiger partial charge in [0.25, 0.3) is 0 Å². The molecule has 3 N–H and O–H groups in total. The van der Waals surface area contributed by atoms with E-state index in [1.54, 1.807) is 6.92 Å². The molecule has 11 nitrogen and oxygen atoms in total. The smallest absolute Gasteiger partial charge is 0.388 e. The third-order valence-electron chi connectivity index (χ3n) is 5.39. The van der Waals surface area contributed by atoms with Crippen molar-refractivity contribution in [3.05, 3.63) is 84.1 Å². The van der Waals surface area contributed by atoms with Gasteiger partial charge in [0, 0.05) is 20.0 Å². The fourth-order valence-corrected chi connectivity index (χ4v) is 4.29. The Labute approximate surface area is 277 Å². The van der Waals surface area contributed by atoms with Crippen LogP contribution in [0.1, 0.15) is 39.0 Å². The molecule has 45 heavy (non-hydrogen) atoms. The predicted molar refractivity (Wildman–Crippen MR) is 164 cm³/mol. The number of carbonyl (C=O) groups excluding carboxylic acids is 2. The number of anilines is 1. The van der Waals surface area contributed by atoms with E-state index in [-0.39, 0.29) is 69.1 Å². The van der Waals surface area contributed by atoms with Gasteiger partial charge in [-0.1, -0.05) is 58.2 Å². The van der Waals surface area contributed by atoms with Crippen molar-refractivity contribution < 1.29 is 42.9 Å². The number of benzene rings is 2. The zero-order chi connectivity index (χ0) is 34.1. The molecular formula is C28H28Cl4F2N4O7. The molecule has 0 amide bonds. The lowest BCUT2D eigenvalue weighted by atomic mass is 10.2. The molecule has 0 radical (unpaired) electrons. The zero-order valence-electron chi connectivity index (χ0n) is 23.9. The van der Waals surface area contributed by atoms with Gasteiger partial charge in [-0.25, -0.2) is 13.6 Å². The van der Waals surface area contributed by atoms with E-state index in [1.807, 2.05) is 0 Å². The lowest BCUT2D eigenvalue weighted by molar-refractivity contribution is -0.312. The standard InChI is InChI=1S/C14H15Cl2FN2O4.C8H12O3.C6H2Cl2FN2/c1-2-23-14(22)11(4-3-5-12(20)21)19-18-8-6-9(15)13(17)10(16)7-8;1-11-5-8(10)6-3-2-4-7(6)9;7-4-1-3(11-10)2-5(8)6(4)9/h4,6-7,18-19H,2-3,5H2,1H3,(H,20,21);10H,2-5H2,1H3;1-2H/q;;+1/p-1/b11-4+;;. The Balaban J connectivity index is 0.000000381. The number of allylic oxidation sites excluding steroid dienone is 2. The number of aliphatic carboxylic acids is 1. The highest BCUT2D eigenvalue weighted by Crippen LogP contribution is 2.29. The number of nitrogens with zero attached hydrogens (tertiary/aromatic N) is 2. The van der Waals surface area contributed by atoms with Gasteiger partial charge in [0.2, 0.25) is 5.39 Å². The number of hydrogen-bond acceptors (Lipinski definition) is 9. The van der Waals surface area contributed by atoms with Crippen molar-refractivity contribution in [1.82, 2.24) is 5.43 Å². The molecule has 0 saturated heterocycles. The van der Waals surface area contributed by atoms with Gasteiger partial charge in [-0.05, 0) is 43.9 Å². The molecule has 0 bridgehead atoms. The summed E-state index contributed by atoms with van der Waals surface area (Å²) in [5, 5.41) is 27.3. The third-order valence-corrected chi connectivity index (χ3v) is 6.49. The summed E-state index contributed by atoms with van der Waals surface area (Å²) in [7, 11) is 1.46. The summed E-state index contributed by atoms with van der Waals surface area (Å²) in [6.07, 6.45) is 3.36. The maximum atomic E-state index is 13.3. The monoisotopic (exact) mass is 710 g/mol. The van der Waals surface area contributed by atoms with E-state index in [2.05, 4.69) is 20.6 Å². The van der Waals surface area contributed by atoms with Crippen LogP contribution in [0.15, 0.2) is 47.4 Å². The Morgan fingerprint density at radius 2 is 1.62 bits per heavy atom. The normalized spacial score (nSPS) is 13.4. The van der Waals surface area contributed by atoms with Crippen LogP contribution in [-0.2, 0) is 23.9 Å². The van der Waals surface area contributed by atoms with Crippen LogP contribution >= 0.6 is 46.4 Å². The van der Waals surface area contributed by atoms with Gasteiger partial charge in [0.15, 0.2) is 22.4 Å². The van der Waals surface area contributed by atoms with Crippen molar-refractivity contribution in [1.29, 1.82) is 5.39 Å². The van der Waals surface area contributed by atoms with E-state index in [4.69, 9.17) is 61.6 Å². The third kappa shape index (κ3) is 13.9. The second kappa shape index (κ2) is 20.4. The number of hydrazine groups is 1. The summed E-state index contributed by atoms with van der Waals surface area (Å²) in [6.45, 7) is 1.84. The van der Waals surface area contributed by atoms with E-state index >= 15 is 0 Å². The van der Waals surface area contributed by atoms with Crippen LogP contribution in [0.3, 0.4) is 0 Å². The van der Waals surface area contributed by atoms with E-state index in [1.165, 1.54) is 37.5 Å². The average Bonchev–Trinajstić information content (AvgIpc) is 3.42. The molecule has 0 aromatic heterocycles. The van der Waals surface area contributed by atoms with E-state index in [0.717, 1.165) is 6.42 Å². The van der Waals surface area contributed by atoms with Crippen LogP contribution in [0, 0.1) is 17.0 Å². The molecule has 0 unspecified atom stereocenters. The number of hydrogen-bond donors (Lipinski definition) is 3. The van der Waals surface area contributed by atoms with Crippen LogP contribution in [0.25, 0.3) is 4.98 Å². The predicted octanol–water partition coefficient (Wildman–Crippen LogP) is 6.98. The molecule has 2 aromatic rings. The number of methoxy groups -OCH3 is 1. The summed E-state index contributed by atoms with van der Waals surface area (Å²) in [5.41, 5.74) is 6.11. The van der Waals surface area contributed by atoms with Crippen molar-refractivity contribution in [2.24, 2.45) is 0 Å².